The molecular weight excluding hydrogens is 190 g/mol. The Bertz CT molecular complexity index is 234. The first-order chi connectivity index (χ1) is 5.68. The highest BCUT2D eigenvalue weighted by molar-refractivity contribution is 8.01. The Kier molecular flexibility index (Phi) is 3.81. The predicted octanol–water partition coefficient (Wildman–Crippen LogP) is 2.26. The van der Waals surface area contributed by atoms with Crippen LogP contribution in [-0.4, -0.2) is 16.0 Å². The first-order valence-electron chi connectivity index (χ1n) is 3.90. The quantitative estimate of drug-likeness (QED) is 0.763. The van der Waals surface area contributed by atoms with Gasteiger partial charge in [-0.3, -0.25) is 0 Å². The summed E-state index contributed by atoms with van der Waals surface area (Å²) < 4.78 is 0.980. The molecule has 1 heterocycles. The monoisotopic (exact) mass is 203 g/mol. The molecule has 0 spiro atoms. The molecule has 0 saturated heterocycles. The van der Waals surface area contributed by atoms with Crippen molar-refractivity contribution in [1.82, 2.24) is 10.2 Å². The first kappa shape index (κ1) is 9.80. The lowest BCUT2D eigenvalue weighted by Crippen LogP contribution is -1.88. The molecule has 68 valence electrons. The Hall–Kier alpha value is -0.290. The van der Waals surface area contributed by atoms with Crippen molar-refractivity contribution < 1.29 is 0 Å². The van der Waals surface area contributed by atoms with E-state index >= 15 is 0 Å². The molecule has 3 nitrogen and oxygen atoms in total. The normalized spacial score (nSPS) is 10.9. The second kappa shape index (κ2) is 4.67. The van der Waals surface area contributed by atoms with E-state index in [2.05, 4.69) is 24.0 Å². The summed E-state index contributed by atoms with van der Waals surface area (Å²) in [5.74, 6) is 1.86. The number of hydrogen-bond acceptors (Lipinski definition) is 5. The Balaban J connectivity index is 2.24. The number of nitrogens with zero attached hydrogens (tertiary/aromatic N) is 2. The van der Waals surface area contributed by atoms with Crippen molar-refractivity contribution in [2.75, 3.05) is 11.5 Å². The molecule has 0 aliphatic heterocycles. The average molecular weight is 203 g/mol. The van der Waals surface area contributed by atoms with Gasteiger partial charge in [0.25, 0.3) is 0 Å². The van der Waals surface area contributed by atoms with Crippen LogP contribution >= 0.6 is 23.1 Å². The Labute approximate surface area is 80.8 Å². The second-order valence-corrected chi connectivity index (χ2v) is 5.29. The van der Waals surface area contributed by atoms with Crippen LogP contribution in [-0.2, 0) is 0 Å². The molecule has 0 aliphatic rings. The zero-order valence-corrected chi connectivity index (χ0v) is 8.91. The van der Waals surface area contributed by atoms with Gasteiger partial charge in [-0.2, -0.15) is 0 Å². The number of hydrogen-bond donors (Lipinski definition) is 1. The van der Waals surface area contributed by atoms with Crippen LogP contribution in [0.25, 0.3) is 0 Å². The van der Waals surface area contributed by atoms with Crippen molar-refractivity contribution in [2.45, 2.75) is 24.6 Å². The predicted molar refractivity (Wildman–Crippen MR) is 54.5 cm³/mol. The molecule has 1 aromatic heterocycles. The average Bonchev–Trinajstić information content (AvgIpc) is 2.35. The molecule has 1 rings (SSSR count). The van der Waals surface area contributed by atoms with Gasteiger partial charge in [0.15, 0.2) is 4.34 Å². The second-order valence-electron chi connectivity index (χ2n) is 2.94. The summed E-state index contributed by atoms with van der Waals surface area (Å²) in [6.07, 6.45) is 1.21. The number of nitrogens with two attached hydrogens (primary N) is 1. The van der Waals surface area contributed by atoms with Crippen molar-refractivity contribution in [2.24, 2.45) is 5.92 Å². The topological polar surface area (TPSA) is 51.8 Å². The summed E-state index contributed by atoms with van der Waals surface area (Å²) in [6, 6.07) is 0. The van der Waals surface area contributed by atoms with Gasteiger partial charge in [0.05, 0.1) is 0 Å². The van der Waals surface area contributed by atoms with Gasteiger partial charge in [-0.15, -0.1) is 10.2 Å². The molecule has 0 aromatic carbocycles. The van der Waals surface area contributed by atoms with E-state index in [1.54, 1.807) is 11.8 Å². The summed E-state index contributed by atoms with van der Waals surface area (Å²) in [5, 5.41) is 8.22. The largest absolute Gasteiger partial charge is 0.374 e. The van der Waals surface area contributed by atoms with Gasteiger partial charge in [0, 0.05) is 5.75 Å². The van der Waals surface area contributed by atoms with E-state index < -0.39 is 0 Å². The summed E-state index contributed by atoms with van der Waals surface area (Å²) in [4.78, 5) is 0. The maximum atomic E-state index is 5.44. The SMILES string of the molecule is CC(C)CCSc1nnc(N)s1. The standard InChI is InChI=1S/C7H13N3S2/c1-5(2)3-4-11-7-10-9-6(8)12-7/h5H,3-4H2,1-2H3,(H2,8,9). The summed E-state index contributed by atoms with van der Waals surface area (Å²) in [5.41, 5.74) is 5.44. The van der Waals surface area contributed by atoms with Crippen LogP contribution in [0.3, 0.4) is 0 Å². The highest BCUT2D eigenvalue weighted by Gasteiger charge is 2.01. The van der Waals surface area contributed by atoms with Crippen LogP contribution in [0.1, 0.15) is 20.3 Å². The third kappa shape index (κ3) is 3.40. The summed E-state index contributed by atoms with van der Waals surface area (Å²) in [6.45, 7) is 4.43. The fourth-order valence-electron chi connectivity index (χ4n) is 0.661. The molecule has 1 aromatic rings. The van der Waals surface area contributed by atoms with E-state index in [0.717, 1.165) is 16.0 Å². The molecule has 0 radical (unpaired) electrons. The number of aromatic nitrogens is 2. The smallest absolute Gasteiger partial charge is 0.203 e. The maximum Gasteiger partial charge on any atom is 0.203 e. The zero-order chi connectivity index (χ0) is 8.97. The van der Waals surface area contributed by atoms with Crippen LogP contribution in [0.4, 0.5) is 5.13 Å². The summed E-state index contributed by atoms with van der Waals surface area (Å²) in [7, 11) is 0. The van der Waals surface area contributed by atoms with Gasteiger partial charge in [-0.25, -0.2) is 0 Å². The fraction of sp³-hybridized carbons (Fsp3) is 0.714. The number of anilines is 1. The van der Waals surface area contributed by atoms with Crippen LogP contribution in [0.2, 0.25) is 0 Å². The molecule has 0 saturated carbocycles. The van der Waals surface area contributed by atoms with Crippen LogP contribution in [0, 0.1) is 5.92 Å². The molecule has 0 atom stereocenters. The highest BCUT2D eigenvalue weighted by Crippen LogP contribution is 2.24. The van der Waals surface area contributed by atoms with Crippen molar-refractivity contribution in [3.8, 4) is 0 Å². The fourth-order valence-corrected chi connectivity index (χ4v) is 2.61. The van der Waals surface area contributed by atoms with Gasteiger partial charge < -0.3 is 5.73 Å². The molecule has 0 bridgehead atoms. The zero-order valence-electron chi connectivity index (χ0n) is 7.28. The van der Waals surface area contributed by atoms with E-state index in [0.29, 0.717) is 5.13 Å². The minimum absolute atomic E-state index is 0.557. The molecule has 0 fully saturated rings. The molecule has 0 unspecified atom stereocenters. The van der Waals surface area contributed by atoms with Gasteiger partial charge in [0.2, 0.25) is 5.13 Å². The lowest BCUT2D eigenvalue weighted by Gasteiger charge is -2.00. The van der Waals surface area contributed by atoms with Crippen LogP contribution in [0.5, 0.6) is 0 Å². The third-order valence-corrected chi connectivity index (χ3v) is 3.26. The molecule has 5 heteroatoms. The maximum absolute atomic E-state index is 5.44. The molecular formula is C7H13N3S2. The minimum Gasteiger partial charge on any atom is -0.374 e. The van der Waals surface area contributed by atoms with E-state index in [9.17, 15) is 0 Å². The molecule has 2 N–H and O–H groups in total. The van der Waals surface area contributed by atoms with Gasteiger partial charge in [-0.1, -0.05) is 36.9 Å². The number of rotatable bonds is 4. The lowest BCUT2D eigenvalue weighted by molar-refractivity contribution is 0.632. The molecule has 0 aliphatic carbocycles. The van der Waals surface area contributed by atoms with Crippen molar-refractivity contribution in [1.29, 1.82) is 0 Å². The van der Waals surface area contributed by atoms with Crippen LogP contribution < -0.4 is 5.73 Å². The van der Waals surface area contributed by atoms with Gasteiger partial charge in [0.1, 0.15) is 0 Å². The van der Waals surface area contributed by atoms with E-state index in [1.807, 2.05) is 0 Å². The van der Waals surface area contributed by atoms with Crippen molar-refractivity contribution in [3.63, 3.8) is 0 Å². The number of nitrogen functional groups attached to an aromatic ring is 1. The Morgan fingerprint density at radius 1 is 1.50 bits per heavy atom. The van der Waals surface area contributed by atoms with Crippen molar-refractivity contribution in [3.05, 3.63) is 0 Å². The van der Waals surface area contributed by atoms with E-state index in [4.69, 9.17) is 5.73 Å². The van der Waals surface area contributed by atoms with E-state index in [1.165, 1.54) is 17.8 Å². The molecule has 12 heavy (non-hydrogen) atoms. The Morgan fingerprint density at radius 2 is 2.25 bits per heavy atom. The molecule has 0 amide bonds. The van der Waals surface area contributed by atoms with E-state index in [-0.39, 0.29) is 0 Å². The van der Waals surface area contributed by atoms with Gasteiger partial charge >= 0.3 is 0 Å². The number of thioether (sulfide) groups is 1. The van der Waals surface area contributed by atoms with Gasteiger partial charge in [-0.05, 0) is 12.3 Å². The summed E-state index contributed by atoms with van der Waals surface area (Å²) >= 11 is 3.19. The van der Waals surface area contributed by atoms with Crippen LogP contribution in [0.15, 0.2) is 4.34 Å². The Morgan fingerprint density at radius 3 is 2.75 bits per heavy atom. The highest BCUT2D eigenvalue weighted by atomic mass is 32.2. The lowest BCUT2D eigenvalue weighted by atomic mass is 10.2. The first-order valence-corrected chi connectivity index (χ1v) is 5.70. The minimum atomic E-state index is 0.557. The third-order valence-electron chi connectivity index (χ3n) is 1.34. The van der Waals surface area contributed by atoms with Crippen molar-refractivity contribution >= 4 is 28.2 Å².